The van der Waals surface area contributed by atoms with Crippen molar-refractivity contribution in [3.8, 4) is 0 Å². The highest BCUT2D eigenvalue weighted by Gasteiger charge is 2.31. The molecule has 21 heavy (non-hydrogen) atoms. The van der Waals surface area contributed by atoms with Crippen LogP contribution in [-0.2, 0) is 14.8 Å². The van der Waals surface area contributed by atoms with Gasteiger partial charge in [0, 0.05) is 11.9 Å². The van der Waals surface area contributed by atoms with Crippen LogP contribution in [0.5, 0.6) is 0 Å². The molecule has 5 nitrogen and oxygen atoms in total. The first-order chi connectivity index (χ1) is 9.45. The van der Waals surface area contributed by atoms with Gasteiger partial charge < -0.3 is 5.11 Å². The van der Waals surface area contributed by atoms with E-state index >= 15 is 0 Å². The zero-order valence-electron chi connectivity index (χ0n) is 11.0. The van der Waals surface area contributed by atoms with Crippen molar-refractivity contribution in [3.63, 3.8) is 0 Å². The fourth-order valence-corrected chi connectivity index (χ4v) is 3.20. The van der Waals surface area contributed by atoms with Gasteiger partial charge in [-0.15, -0.1) is 0 Å². The van der Waals surface area contributed by atoms with Crippen LogP contribution in [0.1, 0.15) is 6.92 Å². The predicted octanol–water partition coefficient (Wildman–Crippen LogP) is 2.39. The summed E-state index contributed by atoms with van der Waals surface area (Å²) < 4.78 is 61.4. The number of thioether (sulfide) groups is 1. The molecule has 118 valence electrons. The lowest BCUT2D eigenvalue weighted by Gasteiger charge is -2.21. The van der Waals surface area contributed by atoms with Gasteiger partial charge in [-0.3, -0.25) is 4.79 Å². The van der Waals surface area contributed by atoms with Crippen LogP contribution in [0.15, 0.2) is 34.1 Å². The van der Waals surface area contributed by atoms with Crippen LogP contribution in [0.2, 0.25) is 0 Å². The minimum absolute atomic E-state index is 0.157. The van der Waals surface area contributed by atoms with Gasteiger partial charge in [-0.1, -0.05) is 0 Å². The number of sulfonamides is 1. The molecule has 0 aliphatic carbocycles. The molecular formula is C11H12F3NO4S2. The maximum absolute atomic E-state index is 12.2. The number of nitrogens with zero attached hydrogens (tertiary/aromatic N) is 1. The average Bonchev–Trinajstić information content (AvgIpc) is 2.35. The second-order valence-corrected chi connectivity index (χ2v) is 7.19. The van der Waals surface area contributed by atoms with Gasteiger partial charge in [0.05, 0.1) is 4.90 Å². The Kier molecular flexibility index (Phi) is 5.29. The number of carbonyl (C=O) groups is 1. The molecule has 1 aromatic carbocycles. The fourth-order valence-electron chi connectivity index (χ4n) is 1.34. The van der Waals surface area contributed by atoms with Gasteiger partial charge in [0.1, 0.15) is 6.04 Å². The normalized spacial score (nSPS) is 14.2. The van der Waals surface area contributed by atoms with Crippen molar-refractivity contribution in [1.82, 2.24) is 4.31 Å². The summed E-state index contributed by atoms with van der Waals surface area (Å²) in [6.07, 6.45) is 0. The summed E-state index contributed by atoms with van der Waals surface area (Å²) >= 11 is -0.363. The topological polar surface area (TPSA) is 74.7 Å². The summed E-state index contributed by atoms with van der Waals surface area (Å²) in [7, 11) is -2.99. The first kappa shape index (κ1) is 17.8. The van der Waals surface area contributed by atoms with Crippen LogP contribution in [0, 0.1) is 0 Å². The van der Waals surface area contributed by atoms with E-state index in [1.807, 2.05) is 0 Å². The second-order valence-electron chi connectivity index (χ2n) is 4.05. The van der Waals surface area contributed by atoms with Crippen LogP contribution in [0.4, 0.5) is 13.2 Å². The Hall–Kier alpha value is -1.26. The summed E-state index contributed by atoms with van der Waals surface area (Å²) in [5, 5.41) is 8.80. The molecule has 1 aromatic rings. The smallest absolute Gasteiger partial charge is 0.446 e. The Bertz CT molecular complexity index is 613. The number of halogens is 3. The SMILES string of the molecule is CC(C(=O)O)N(C)S(=O)(=O)c1ccc(SC(F)(F)F)cc1. The van der Waals surface area contributed by atoms with Crippen molar-refractivity contribution in [2.24, 2.45) is 0 Å². The highest BCUT2D eigenvalue weighted by molar-refractivity contribution is 8.00. The molecule has 0 radical (unpaired) electrons. The number of benzene rings is 1. The van der Waals surface area contributed by atoms with E-state index in [9.17, 15) is 26.4 Å². The number of carboxylic acid groups (broad SMARTS) is 1. The quantitative estimate of drug-likeness (QED) is 0.831. The summed E-state index contributed by atoms with van der Waals surface area (Å²) in [5.41, 5.74) is -4.46. The third-order valence-electron chi connectivity index (χ3n) is 2.64. The van der Waals surface area contributed by atoms with E-state index < -0.39 is 27.5 Å². The molecule has 1 atom stereocenters. The number of hydrogen-bond donors (Lipinski definition) is 1. The average molecular weight is 343 g/mol. The molecule has 0 aliphatic heterocycles. The van der Waals surface area contributed by atoms with Crippen molar-refractivity contribution in [3.05, 3.63) is 24.3 Å². The Balaban J connectivity index is 3.03. The first-order valence-electron chi connectivity index (χ1n) is 5.52. The Morgan fingerprint density at radius 1 is 1.29 bits per heavy atom. The molecule has 0 saturated carbocycles. The summed E-state index contributed by atoms with van der Waals surface area (Å²) in [6.45, 7) is 1.19. The monoisotopic (exact) mass is 343 g/mol. The molecule has 0 fully saturated rings. The summed E-state index contributed by atoms with van der Waals surface area (Å²) in [5.74, 6) is -1.33. The van der Waals surface area contributed by atoms with E-state index in [0.717, 1.165) is 31.3 Å². The van der Waals surface area contributed by atoms with Gasteiger partial charge in [0.25, 0.3) is 0 Å². The molecule has 1 N–H and O–H groups in total. The van der Waals surface area contributed by atoms with Gasteiger partial charge in [-0.2, -0.15) is 17.5 Å². The van der Waals surface area contributed by atoms with Crippen LogP contribution >= 0.6 is 11.8 Å². The van der Waals surface area contributed by atoms with Gasteiger partial charge in [-0.05, 0) is 43.0 Å². The van der Waals surface area contributed by atoms with Crippen LogP contribution in [0.3, 0.4) is 0 Å². The third kappa shape index (κ3) is 4.61. The molecule has 0 aliphatic rings. The number of likely N-dealkylation sites (N-methyl/N-ethyl adjacent to an activating group) is 1. The highest BCUT2D eigenvalue weighted by atomic mass is 32.2. The lowest BCUT2D eigenvalue weighted by molar-refractivity contribution is -0.140. The molecule has 0 spiro atoms. The van der Waals surface area contributed by atoms with Crippen LogP contribution < -0.4 is 0 Å². The number of alkyl halides is 3. The predicted molar refractivity (Wildman–Crippen MR) is 70.4 cm³/mol. The number of rotatable bonds is 5. The summed E-state index contributed by atoms with van der Waals surface area (Å²) in [4.78, 5) is 10.4. The molecular weight excluding hydrogens is 331 g/mol. The van der Waals surface area contributed by atoms with Crippen molar-refractivity contribution in [2.75, 3.05) is 7.05 Å². The van der Waals surface area contributed by atoms with E-state index in [1.165, 1.54) is 6.92 Å². The molecule has 1 unspecified atom stereocenters. The van der Waals surface area contributed by atoms with Gasteiger partial charge >= 0.3 is 11.5 Å². The molecule has 10 heteroatoms. The minimum atomic E-state index is -4.46. The van der Waals surface area contributed by atoms with E-state index in [1.54, 1.807) is 0 Å². The van der Waals surface area contributed by atoms with Gasteiger partial charge in [0.2, 0.25) is 10.0 Å². The van der Waals surface area contributed by atoms with E-state index in [0.29, 0.717) is 4.31 Å². The summed E-state index contributed by atoms with van der Waals surface area (Å²) in [6, 6.07) is 2.76. The Morgan fingerprint density at radius 2 is 1.76 bits per heavy atom. The maximum atomic E-state index is 12.2. The zero-order valence-corrected chi connectivity index (χ0v) is 12.6. The van der Waals surface area contributed by atoms with Crippen LogP contribution in [0.25, 0.3) is 0 Å². The minimum Gasteiger partial charge on any atom is -0.480 e. The molecule has 0 saturated heterocycles. The molecule has 0 heterocycles. The molecule has 0 aromatic heterocycles. The number of carboxylic acids is 1. The van der Waals surface area contributed by atoms with Crippen molar-refractivity contribution in [1.29, 1.82) is 0 Å². The molecule has 0 bridgehead atoms. The molecule has 1 rings (SSSR count). The zero-order chi connectivity index (χ0) is 16.4. The standard InChI is InChI=1S/C11H12F3NO4S2/c1-7(10(16)17)15(2)21(18,19)9-5-3-8(4-6-9)20-11(12,13)14/h3-7H,1-2H3,(H,16,17). The van der Waals surface area contributed by atoms with Gasteiger partial charge in [0.15, 0.2) is 0 Å². The van der Waals surface area contributed by atoms with E-state index in [4.69, 9.17) is 5.11 Å². The lowest BCUT2D eigenvalue weighted by atomic mass is 10.4. The molecule has 0 amide bonds. The maximum Gasteiger partial charge on any atom is 0.446 e. The lowest BCUT2D eigenvalue weighted by Crippen LogP contribution is -2.40. The van der Waals surface area contributed by atoms with Crippen molar-refractivity contribution >= 4 is 27.8 Å². The second kappa shape index (κ2) is 6.24. The van der Waals surface area contributed by atoms with Crippen molar-refractivity contribution < 1.29 is 31.5 Å². The largest absolute Gasteiger partial charge is 0.480 e. The highest BCUT2D eigenvalue weighted by Crippen LogP contribution is 2.37. The van der Waals surface area contributed by atoms with E-state index in [-0.39, 0.29) is 21.6 Å². The fraction of sp³-hybridized carbons (Fsp3) is 0.364. The Morgan fingerprint density at radius 3 is 2.14 bits per heavy atom. The third-order valence-corrected chi connectivity index (χ3v) is 5.32. The van der Waals surface area contributed by atoms with E-state index in [2.05, 4.69) is 0 Å². The number of hydrogen-bond acceptors (Lipinski definition) is 4. The van der Waals surface area contributed by atoms with Crippen LogP contribution in [-0.4, -0.2) is 42.4 Å². The Labute approximate surface area is 123 Å². The first-order valence-corrected chi connectivity index (χ1v) is 7.77. The van der Waals surface area contributed by atoms with Gasteiger partial charge in [-0.25, -0.2) is 8.42 Å². The number of aliphatic carboxylic acids is 1. The van der Waals surface area contributed by atoms with Crippen molar-refractivity contribution in [2.45, 2.75) is 28.3 Å².